The third-order valence-corrected chi connectivity index (χ3v) is 6.11. The van der Waals surface area contributed by atoms with Gasteiger partial charge < -0.3 is 25.2 Å². The number of guanidine groups is 1. The number of nitrogens with one attached hydrogen (secondary N) is 2. The van der Waals surface area contributed by atoms with Gasteiger partial charge in [0.25, 0.3) is 0 Å². The predicted octanol–water partition coefficient (Wildman–Crippen LogP) is 1.37. The Morgan fingerprint density at radius 3 is 2.81 bits per heavy atom. The van der Waals surface area contributed by atoms with Crippen LogP contribution in [0.15, 0.2) is 10.4 Å². The molecule has 2 aliphatic rings. The highest BCUT2D eigenvalue weighted by molar-refractivity contribution is 7.13. The molecule has 2 aliphatic heterocycles. The Hall–Kier alpha value is -1.38. The second-order valence-corrected chi connectivity index (χ2v) is 8.23. The summed E-state index contributed by atoms with van der Waals surface area (Å²) in [6.07, 6.45) is 3.55. The highest BCUT2D eigenvalue weighted by Gasteiger charge is 2.24. The third-order valence-electron chi connectivity index (χ3n) is 5.05. The van der Waals surface area contributed by atoms with Crippen molar-refractivity contribution in [2.75, 3.05) is 58.9 Å². The maximum atomic E-state index is 5.49. The van der Waals surface area contributed by atoms with E-state index in [1.165, 1.54) is 13.0 Å². The summed E-state index contributed by atoms with van der Waals surface area (Å²) in [5.41, 5.74) is 1.05. The van der Waals surface area contributed by atoms with Gasteiger partial charge in [-0.2, -0.15) is 0 Å². The van der Waals surface area contributed by atoms with Crippen molar-refractivity contribution < 1.29 is 4.74 Å². The lowest BCUT2D eigenvalue weighted by Gasteiger charge is -2.34. The number of piperidine rings is 1. The molecule has 0 aliphatic carbocycles. The predicted molar refractivity (Wildman–Crippen MR) is 108 cm³/mol. The zero-order valence-electron chi connectivity index (χ0n) is 16.2. The SMILES string of the molecule is CN=C(NCc1csc(N(C)C)n1)NC1CCN(CC2CCOC2)CC1. The minimum Gasteiger partial charge on any atom is -0.381 e. The van der Waals surface area contributed by atoms with Crippen LogP contribution in [0.2, 0.25) is 0 Å². The van der Waals surface area contributed by atoms with Crippen LogP contribution in [0.4, 0.5) is 5.13 Å². The summed E-state index contributed by atoms with van der Waals surface area (Å²) in [7, 11) is 5.86. The highest BCUT2D eigenvalue weighted by atomic mass is 32.1. The maximum Gasteiger partial charge on any atom is 0.191 e. The number of thiazole rings is 1. The van der Waals surface area contributed by atoms with Crippen molar-refractivity contribution in [3.05, 3.63) is 11.1 Å². The molecule has 1 atom stereocenters. The van der Waals surface area contributed by atoms with Crippen LogP contribution in [0, 0.1) is 5.92 Å². The van der Waals surface area contributed by atoms with Gasteiger partial charge >= 0.3 is 0 Å². The first kappa shape index (κ1) is 19.4. The molecule has 146 valence electrons. The molecule has 1 aromatic heterocycles. The minimum absolute atomic E-state index is 0.491. The average Bonchev–Trinajstić information content (AvgIpc) is 3.32. The fourth-order valence-electron chi connectivity index (χ4n) is 3.50. The molecule has 0 saturated carbocycles. The first-order valence-electron chi connectivity index (χ1n) is 9.53. The Balaban J connectivity index is 1.38. The van der Waals surface area contributed by atoms with Gasteiger partial charge in [-0.25, -0.2) is 4.98 Å². The van der Waals surface area contributed by atoms with Crippen LogP contribution in [0.1, 0.15) is 25.0 Å². The molecular formula is C18H32N6OS. The number of rotatable bonds is 6. The largest absolute Gasteiger partial charge is 0.381 e. The maximum absolute atomic E-state index is 5.49. The summed E-state index contributed by atoms with van der Waals surface area (Å²) in [5, 5.41) is 10.1. The van der Waals surface area contributed by atoms with Gasteiger partial charge in [-0.05, 0) is 25.2 Å². The van der Waals surface area contributed by atoms with Gasteiger partial charge in [0.15, 0.2) is 11.1 Å². The fraction of sp³-hybridized carbons (Fsp3) is 0.778. The fourth-order valence-corrected chi connectivity index (χ4v) is 4.26. The average molecular weight is 381 g/mol. The van der Waals surface area contributed by atoms with Crippen LogP contribution < -0.4 is 15.5 Å². The normalized spacial score (nSPS) is 22.6. The number of hydrogen-bond donors (Lipinski definition) is 2. The Morgan fingerprint density at radius 1 is 1.38 bits per heavy atom. The zero-order chi connectivity index (χ0) is 18.4. The lowest BCUT2D eigenvalue weighted by atomic mass is 10.0. The van der Waals surface area contributed by atoms with Crippen LogP contribution in [-0.4, -0.2) is 75.9 Å². The summed E-state index contributed by atoms with van der Waals surface area (Å²) in [5.74, 6) is 1.60. The summed E-state index contributed by atoms with van der Waals surface area (Å²) in [6.45, 7) is 6.09. The topological polar surface area (TPSA) is 65.0 Å². The molecule has 0 aromatic carbocycles. The minimum atomic E-state index is 0.491. The van der Waals surface area contributed by atoms with E-state index in [9.17, 15) is 0 Å². The number of likely N-dealkylation sites (tertiary alicyclic amines) is 1. The van der Waals surface area contributed by atoms with Gasteiger partial charge in [-0.1, -0.05) is 0 Å². The molecular weight excluding hydrogens is 348 g/mol. The number of anilines is 1. The van der Waals surface area contributed by atoms with Crippen LogP contribution in [0.3, 0.4) is 0 Å². The van der Waals surface area contributed by atoms with Crippen molar-refractivity contribution in [3.63, 3.8) is 0 Å². The molecule has 0 spiro atoms. The Labute approximate surface area is 160 Å². The van der Waals surface area contributed by atoms with E-state index >= 15 is 0 Å². The number of nitrogens with zero attached hydrogens (tertiary/aromatic N) is 4. The number of aromatic nitrogens is 1. The quantitative estimate of drug-likeness (QED) is 0.574. The Morgan fingerprint density at radius 2 is 2.19 bits per heavy atom. The van der Waals surface area contributed by atoms with Crippen molar-refractivity contribution in [1.82, 2.24) is 20.5 Å². The number of ether oxygens (including phenoxy) is 1. The molecule has 2 fully saturated rings. The molecule has 8 heteroatoms. The summed E-state index contributed by atoms with van der Waals surface area (Å²) in [6, 6.07) is 0.491. The highest BCUT2D eigenvalue weighted by Crippen LogP contribution is 2.18. The zero-order valence-corrected chi connectivity index (χ0v) is 17.0. The summed E-state index contributed by atoms with van der Waals surface area (Å²) >= 11 is 1.67. The van der Waals surface area contributed by atoms with E-state index in [1.807, 2.05) is 26.0 Å². The van der Waals surface area contributed by atoms with E-state index < -0.39 is 0 Å². The van der Waals surface area contributed by atoms with Crippen LogP contribution in [-0.2, 0) is 11.3 Å². The Kier molecular flexibility index (Phi) is 7.10. The van der Waals surface area contributed by atoms with E-state index in [1.54, 1.807) is 11.3 Å². The lowest BCUT2D eigenvalue weighted by Crippen LogP contribution is -2.49. The lowest BCUT2D eigenvalue weighted by molar-refractivity contribution is 0.150. The van der Waals surface area contributed by atoms with Crippen molar-refractivity contribution in [2.24, 2.45) is 10.9 Å². The van der Waals surface area contributed by atoms with Gasteiger partial charge in [0.1, 0.15) is 0 Å². The van der Waals surface area contributed by atoms with E-state index in [2.05, 4.69) is 30.9 Å². The van der Waals surface area contributed by atoms with Gasteiger partial charge in [-0.15, -0.1) is 11.3 Å². The smallest absolute Gasteiger partial charge is 0.191 e. The molecule has 1 unspecified atom stereocenters. The molecule has 3 rings (SSSR count). The summed E-state index contributed by atoms with van der Waals surface area (Å²) < 4.78 is 5.49. The van der Waals surface area contributed by atoms with Crippen molar-refractivity contribution in [2.45, 2.75) is 31.8 Å². The third kappa shape index (κ3) is 5.56. The molecule has 2 saturated heterocycles. The molecule has 0 bridgehead atoms. The van der Waals surface area contributed by atoms with E-state index in [0.717, 1.165) is 61.8 Å². The molecule has 7 nitrogen and oxygen atoms in total. The molecule has 0 radical (unpaired) electrons. The van der Waals surface area contributed by atoms with Crippen LogP contribution in [0.5, 0.6) is 0 Å². The second-order valence-electron chi connectivity index (χ2n) is 7.39. The van der Waals surface area contributed by atoms with Crippen molar-refractivity contribution in [3.8, 4) is 0 Å². The number of aliphatic imine (C=N–C) groups is 1. The first-order chi connectivity index (χ1) is 12.6. The van der Waals surface area contributed by atoms with Crippen molar-refractivity contribution in [1.29, 1.82) is 0 Å². The summed E-state index contributed by atoms with van der Waals surface area (Å²) in [4.78, 5) is 13.6. The molecule has 1 aromatic rings. The van der Waals surface area contributed by atoms with E-state index in [0.29, 0.717) is 12.6 Å². The van der Waals surface area contributed by atoms with Gasteiger partial charge in [0.2, 0.25) is 0 Å². The molecule has 2 N–H and O–H groups in total. The molecule has 3 heterocycles. The van der Waals surface area contributed by atoms with E-state index in [4.69, 9.17) is 4.74 Å². The van der Waals surface area contributed by atoms with Gasteiger partial charge in [-0.3, -0.25) is 4.99 Å². The monoisotopic (exact) mass is 380 g/mol. The molecule has 0 amide bonds. The van der Waals surface area contributed by atoms with Crippen molar-refractivity contribution >= 4 is 22.4 Å². The van der Waals surface area contributed by atoms with Gasteiger partial charge in [0.05, 0.1) is 18.8 Å². The standard InChI is InChI=1S/C18H32N6OS/c1-19-17(20-10-16-13-26-18(22-16)23(2)3)21-15-4-7-24(8-5-15)11-14-6-9-25-12-14/h13-15H,4-12H2,1-3H3,(H2,19,20,21). The molecule has 26 heavy (non-hydrogen) atoms. The van der Waals surface area contributed by atoms with Crippen LogP contribution in [0.25, 0.3) is 0 Å². The Bertz CT molecular complexity index is 576. The van der Waals surface area contributed by atoms with Crippen LogP contribution >= 0.6 is 11.3 Å². The van der Waals surface area contributed by atoms with E-state index in [-0.39, 0.29) is 0 Å². The second kappa shape index (κ2) is 9.53. The first-order valence-corrected chi connectivity index (χ1v) is 10.4. The number of hydrogen-bond acceptors (Lipinski definition) is 6. The van der Waals surface area contributed by atoms with Gasteiger partial charge in [0, 0.05) is 58.8 Å².